The first-order chi connectivity index (χ1) is 8.95. The van der Waals surface area contributed by atoms with E-state index in [2.05, 4.69) is 22.2 Å². The molecular weight excluding hydrogens is 262 g/mol. The molecule has 0 bridgehead atoms. The number of nitrogens with zero attached hydrogens (tertiary/aromatic N) is 2. The standard InChI is InChI=1S/C13H15N3O2S/c1-8-5-12(8)16-13-10-6-9(19(2,17)18)3-4-11(10)14-7-15-13/h3-4,6-8,12H,5H2,1-2H3,(H,14,15,16). The number of sulfone groups is 1. The highest BCUT2D eigenvalue weighted by molar-refractivity contribution is 7.90. The zero-order chi connectivity index (χ0) is 13.6. The zero-order valence-electron chi connectivity index (χ0n) is 10.8. The molecule has 0 saturated heterocycles. The van der Waals surface area contributed by atoms with Gasteiger partial charge < -0.3 is 5.32 Å². The fourth-order valence-electron chi connectivity index (χ4n) is 2.08. The van der Waals surface area contributed by atoms with Crippen LogP contribution in [-0.4, -0.2) is 30.7 Å². The summed E-state index contributed by atoms with van der Waals surface area (Å²) in [7, 11) is -3.22. The second-order valence-corrected chi connectivity index (χ2v) is 7.15. The van der Waals surface area contributed by atoms with Crippen LogP contribution in [0.4, 0.5) is 5.82 Å². The Labute approximate surface area is 112 Å². The van der Waals surface area contributed by atoms with Crippen molar-refractivity contribution in [2.75, 3.05) is 11.6 Å². The number of fused-ring (bicyclic) bond motifs is 1. The smallest absolute Gasteiger partial charge is 0.175 e. The molecule has 5 nitrogen and oxygen atoms in total. The Hall–Kier alpha value is -1.69. The molecule has 6 heteroatoms. The Bertz CT molecular complexity index is 743. The number of nitrogens with one attached hydrogen (secondary N) is 1. The van der Waals surface area contributed by atoms with Crippen LogP contribution < -0.4 is 5.32 Å². The van der Waals surface area contributed by atoms with Crippen molar-refractivity contribution < 1.29 is 8.42 Å². The summed E-state index contributed by atoms with van der Waals surface area (Å²) in [5, 5.41) is 4.10. The maximum absolute atomic E-state index is 11.6. The van der Waals surface area contributed by atoms with E-state index in [1.807, 2.05) is 0 Å². The van der Waals surface area contributed by atoms with Crippen molar-refractivity contribution in [3.05, 3.63) is 24.5 Å². The van der Waals surface area contributed by atoms with Gasteiger partial charge in [-0.25, -0.2) is 18.4 Å². The Morgan fingerprint density at radius 2 is 2.05 bits per heavy atom. The summed E-state index contributed by atoms with van der Waals surface area (Å²) in [5.41, 5.74) is 0.748. The second kappa shape index (κ2) is 4.16. The number of benzene rings is 1. The van der Waals surface area contributed by atoms with Crippen molar-refractivity contribution in [3.63, 3.8) is 0 Å². The molecule has 2 unspecified atom stereocenters. The zero-order valence-corrected chi connectivity index (χ0v) is 11.6. The van der Waals surface area contributed by atoms with Gasteiger partial charge in [-0.05, 0) is 30.5 Å². The minimum absolute atomic E-state index is 0.293. The lowest BCUT2D eigenvalue weighted by Gasteiger charge is -2.08. The van der Waals surface area contributed by atoms with Crippen LogP contribution >= 0.6 is 0 Å². The molecule has 2 atom stereocenters. The average molecular weight is 277 g/mol. The van der Waals surface area contributed by atoms with E-state index in [1.54, 1.807) is 18.2 Å². The second-order valence-electron chi connectivity index (χ2n) is 5.14. The molecule has 1 saturated carbocycles. The van der Waals surface area contributed by atoms with E-state index in [4.69, 9.17) is 0 Å². The van der Waals surface area contributed by atoms with E-state index in [9.17, 15) is 8.42 Å². The number of aromatic nitrogens is 2. The summed E-state index contributed by atoms with van der Waals surface area (Å²) in [6.45, 7) is 2.17. The van der Waals surface area contributed by atoms with E-state index in [1.165, 1.54) is 12.6 Å². The summed E-state index contributed by atoms with van der Waals surface area (Å²) >= 11 is 0. The molecule has 1 aliphatic carbocycles. The summed E-state index contributed by atoms with van der Waals surface area (Å²) in [5.74, 6) is 1.35. The molecule has 0 spiro atoms. The number of rotatable bonds is 3. The predicted molar refractivity (Wildman–Crippen MR) is 73.8 cm³/mol. The van der Waals surface area contributed by atoms with E-state index in [-0.39, 0.29) is 0 Å². The molecule has 1 aliphatic rings. The van der Waals surface area contributed by atoms with Crippen LogP contribution in [0, 0.1) is 5.92 Å². The maximum Gasteiger partial charge on any atom is 0.175 e. The first-order valence-corrected chi connectivity index (χ1v) is 8.05. The van der Waals surface area contributed by atoms with Gasteiger partial charge in [-0.2, -0.15) is 0 Å². The fourth-order valence-corrected chi connectivity index (χ4v) is 2.73. The highest BCUT2D eigenvalue weighted by Gasteiger charge is 2.33. The fraction of sp³-hybridized carbons (Fsp3) is 0.385. The molecule has 19 heavy (non-hydrogen) atoms. The van der Waals surface area contributed by atoms with Gasteiger partial charge in [0.1, 0.15) is 12.1 Å². The minimum Gasteiger partial charge on any atom is -0.366 e. The highest BCUT2D eigenvalue weighted by Crippen LogP contribution is 2.34. The van der Waals surface area contributed by atoms with Gasteiger partial charge in [-0.3, -0.25) is 0 Å². The Balaban J connectivity index is 2.11. The molecule has 1 heterocycles. The van der Waals surface area contributed by atoms with Crippen LogP contribution in [0.1, 0.15) is 13.3 Å². The van der Waals surface area contributed by atoms with Crippen molar-refractivity contribution in [3.8, 4) is 0 Å². The van der Waals surface area contributed by atoms with Crippen molar-refractivity contribution in [1.82, 2.24) is 9.97 Å². The molecule has 0 aliphatic heterocycles. The molecule has 0 amide bonds. The van der Waals surface area contributed by atoms with Gasteiger partial charge in [-0.15, -0.1) is 0 Å². The third-order valence-corrected chi connectivity index (χ3v) is 4.58. The maximum atomic E-state index is 11.6. The van der Waals surface area contributed by atoms with Gasteiger partial charge in [0.15, 0.2) is 9.84 Å². The minimum atomic E-state index is -3.22. The van der Waals surface area contributed by atoms with Crippen molar-refractivity contribution in [2.45, 2.75) is 24.3 Å². The summed E-state index contributed by atoms with van der Waals surface area (Å²) < 4.78 is 23.2. The van der Waals surface area contributed by atoms with Crippen molar-refractivity contribution >= 4 is 26.6 Å². The van der Waals surface area contributed by atoms with E-state index >= 15 is 0 Å². The molecule has 0 radical (unpaired) electrons. The van der Waals surface area contributed by atoms with Gasteiger partial charge in [0.25, 0.3) is 0 Å². The molecular formula is C13H15N3O2S. The van der Waals surface area contributed by atoms with Crippen LogP contribution in [0.3, 0.4) is 0 Å². The molecule has 1 aromatic carbocycles. The van der Waals surface area contributed by atoms with Crippen LogP contribution in [0.5, 0.6) is 0 Å². The lowest BCUT2D eigenvalue weighted by atomic mass is 10.2. The number of hydrogen-bond donors (Lipinski definition) is 1. The normalized spacial score (nSPS) is 22.4. The Kier molecular flexibility index (Phi) is 2.70. The van der Waals surface area contributed by atoms with Crippen LogP contribution in [0.25, 0.3) is 10.9 Å². The Morgan fingerprint density at radius 3 is 2.68 bits per heavy atom. The molecule has 1 fully saturated rings. The number of hydrogen-bond acceptors (Lipinski definition) is 5. The monoisotopic (exact) mass is 277 g/mol. The van der Waals surface area contributed by atoms with E-state index < -0.39 is 9.84 Å². The Morgan fingerprint density at radius 1 is 1.32 bits per heavy atom. The SMILES string of the molecule is CC1CC1Nc1ncnc2ccc(S(C)(=O)=O)cc12. The van der Waals surface area contributed by atoms with Crippen molar-refractivity contribution in [1.29, 1.82) is 0 Å². The number of anilines is 1. The molecule has 3 rings (SSSR count). The first-order valence-electron chi connectivity index (χ1n) is 6.16. The third-order valence-electron chi connectivity index (χ3n) is 3.47. The first kappa shape index (κ1) is 12.3. The van der Waals surface area contributed by atoms with Crippen LogP contribution in [-0.2, 0) is 9.84 Å². The third kappa shape index (κ3) is 2.40. The molecule has 100 valence electrons. The van der Waals surface area contributed by atoms with Crippen molar-refractivity contribution in [2.24, 2.45) is 5.92 Å². The van der Waals surface area contributed by atoms with E-state index in [0.29, 0.717) is 22.7 Å². The highest BCUT2D eigenvalue weighted by atomic mass is 32.2. The van der Waals surface area contributed by atoms with Gasteiger partial charge >= 0.3 is 0 Å². The van der Waals surface area contributed by atoms with Gasteiger partial charge in [0.05, 0.1) is 10.4 Å². The largest absolute Gasteiger partial charge is 0.366 e. The lowest BCUT2D eigenvalue weighted by Crippen LogP contribution is -2.06. The van der Waals surface area contributed by atoms with Gasteiger partial charge in [0.2, 0.25) is 0 Å². The predicted octanol–water partition coefficient (Wildman–Crippen LogP) is 1.85. The van der Waals surface area contributed by atoms with E-state index in [0.717, 1.165) is 17.3 Å². The van der Waals surface area contributed by atoms with Crippen LogP contribution in [0.2, 0.25) is 0 Å². The summed E-state index contributed by atoms with van der Waals surface area (Å²) in [6.07, 6.45) is 3.82. The quantitative estimate of drug-likeness (QED) is 0.927. The topological polar surface area (TPSA) is 72.0 Å². The summed E-state index contributed by atoms with van der Waals surface area (Å²) in [4.78, 5) is 8.69. The lowest BCUT2D eigenvalue weighted by molar-refractivity contribution is 0.602. The molecule has 2 aromatic rings. The summed E-state index contributed by atoms with van der Waals surface area (Å²) in [6, 6.07) is 5.36. The molecule has 1 N–H and O–H groups in total. The van der Waals surface area contributed by atoms with Gasteiger partial charge in [-0.1, -0.05) is 6.92 Å². The van der Waals surface area contributed by atoms with Gasteiger partial charge in [0, 0.05) is 17.7 Å². The average Bonchev–Trinajstić information content (AvgIpc) is 3.03. The molecule has 1 aromatic heterocycles. The van der Waals surface area contributed by atoms with Crippen LogP contribution in [0.15, 0.2) is 29.4 Å².